The monoisotopic (exact) mass is 340 g/mol. The molecular weight excluding hydrogens is 319 g/mol. The predicted octanol–water partition coefficient (Wildman–Crippen LogP) is 4.22. The van der Waals surface area contributed by atoms with E-state index in [1.54, 1.807) is 42.0 Å². The molecular formula is C19H21FN4O. The Labute approximate surface area is 145 Å². The number of carbonyl (C=O) groups is 1. The Kier molecular flexibility index (Phi) is 4.29. The van der Waals surface area contributed by atoms with Crippen molar-refractivity contribution in [3.63, 3.8) is 0 Å². The Bertz CT molecular complexity index is 940. The first kappa shape index (κ1) is 17.1. The van der Waals surface area contributed by atoms with Crippen LogP contribution in [0.5, 0.6) is 0 Å². The van der Waals surface area contributed by atoms with Gasteiger partial charge in [-0.05, 0) is 41.7 Å². The molecule has 5 nitrogen and oxygen atoms in total. The van der Waals surface area contributed by atoms with Gasteiger partial charge in [-0.2, -0.15) is 0 Å². The fourth-order valence-electron chi connectivity index (χ4n) is 2.70. The van der Waals surface area contributed by atoms with Crippen molar-refractivity contribution in [3.05, 3.63) is 48.0 Å². The second-order valence-corrected chi connectivity index (χ2v) is 7.36. The molecule has 130 valence electrons. The molecule has 2 aromatic heterocycles. The summed E-state index contributed by atoms with van der Waals surface area (Å²) in [5.74, 6) is 0.0430. The fourth-order valence-corrected chi connectivity index (χ4v) is 2.70. The first-order valence-electron chi connectivity index (χ1n) is 8.14. The third-order valence-corrected chi connectivity index (χ3v) is 3.79. The van der Waals surface area contributed by atoms with E-state index in [1.165, 1.54) is 6.07 Å². The first-order chi connectivity index (χ1) is 11.7. The number of benzene rings is 1. The van der Waals surface area contributed by atoms with Crippen LogP contribution in [-0.4, -0.2) is 20.5 Å². The molecule has 2 heterocycles. The zero-order valence-electron chi connectivity index (χ0n) is 14.8. The molecule has 0 atom stereocenters. The fraction of sp³-hybridized carbons (Fsp3) is 0.316. The maximum Gasteiger partial charge on any atom is 0.226 e. The van der Waals surface area contributed by atoms with Crippen molar-refractivity contribution in [1.29, 1.82) is 0 Å². The lowest BCUT2D eigenvalue weighted by Gasteiger charge is -2.17. The second-order valence-electron chi connectivity index (χ2n) is 7.36. The molecule has 0 aliphatic heterocycles. The van der Waals surface area contributed by atoms with Crippen molar-refractivity contribution in [3.8, 4) is 11.1 Å². The molecule has 1 aromatic carbocycles. The highest BCUT2D eigenvalue weighted by Gasteiger charge is 2.21. The van der Waals surface area contributed by atoms with E-state index in [1.807, 2.05) is 20.8 Å². The van der Waals surface area contributed by atoms with Crippen molar-refractivity contribution in [2.24, 2.45) is 5.41 Å². The minimum Gasteiger partial charge on any atom is -0.309 e. The molecule has 0 saturated carbocycles. The molecule has 0 aliphatic rings. The lowest BCUT2D eigenvalue weighted by atomic mass is 9.92. The largest absolute Gasteiger partial charge is 0.309 e. The molecule has 25 heavy (non-hydrogen) atoms. The lowest BCUT2D eigenvalue weighted by molar-refractivity contribution is -0.117. The summed E-state index contributed by atoms with van der Waals surface area (Å²) >= 11 is 0. The SMILES string of the molecule is Cc1cc(-c2c(NC(=O)CC(C)(C)C)nn3cccnc23)ccc1F. The van der Waals surface area contributed by atoms with Crippen LogP contribution in [0.25, 0.3) is 16.8 Å². The van der Waals surface area contributed by atoms with Crippen LogP contribution in [0.3, 0.4) is 0 Å². The van der Waals surface area contributed by atoms with E-state index in [0.29, 0.717) is 29.0 Å². The van der Waals surface area contributed by atoms with Gasteiger partial charge in [0.1, 0.15) is 5.82 Å². The van der Waals surface area contributed by atoms with Crippen molar-refractivity contribution in [2.45, 2.75) is 34.1 Å². The van der Waals surface area contributed by atoms with Gasteiger partial charge in [0.25, 0.3) is 0 Å². The number of aryl methyl sites for hydroxylation is 1. The van der Waals surface area contributed by atoms with Crippen LogP contribution in [-0.2, 0) is 4.79 Å². The molecule has 0 aliphatic carbocycles. The number of nitrogens with zero attached hydrogens (tertiary/aromatic N) is 3. The topological polar surface area (TPSA) is 59.3 Å². The summed E-state index contributed by atoms with van der Waals surface area (Å²) in [4.78, 5) is 16.7. The van der Waals surface area contributed by atoms with E-state index >= 15 is 0 Å². The molecule has 0 saturated heterocycles. The molecule has 0 fully saturated rings. The number of carbonyl (C=O) groups excluding carboxylic acids is 1. The van der Waals surface area contributed by atoms with Crippen molar-refractivity contribution in [1.82, 2.24) is 14.6 Å². The number of hydrogen-bond acceptors (Lipinski definition) is 3. The molecule has 3 aromatic rings. The van der Waals surface area contributed by atoms with Gasteiger partial charge in [-0.15, -0.1) is 5.10 Å². The number of amides is 1. The van der Waals surface area contributed by atoms with Crippen LogP contribution in [0.2, 0.25) is 0 Å². The zero-order chi connectivity index (χ0) is 18.2. The van der Waals surface area contributed by atoms with Gasteiger partial charge in [0, 0.05) is 18.8 Å². The van der Waals surface area contributed by atoms with Gasteiger partial charge in [0.15, 0.2) is 11.5 Å². The van der Waals surface area contributed by atoms with E-state index < -0.39 is 0 Å². The van der Waals surface area contributed by atoms with Gasteiger partial charge in [-0.25, -0.2) is 13.9 Å². The number of nitrogens with one attached hydrogen (secondary N) is 1. The van der Waals surface area contributed by atoms with Crippen molar-refractivity contribution < 1.29 is 9.18 Å². The number of halogens is 1. The highest BCUT2D eigenvalue weighted by molar-refractivity contribution is 5.98. The maximum atomic E-state index is 13.6. The minimum atomic E-state index is -0.272. The number of fused-ring (bicyclic) bond motifs is 1. The number of anilines is 1. The van der Waals surface area contributed by atoms with Gasteiger partial charge in [0.2, 0.25) is 5.91 Å². The number of aromatic nitrogens is 3. The Morgan fingerprint density at radius 2 is 2.08 bits per heavy atom. The summed E-state index contributed by atoms with van der Waals surface area (Å²) in [5, 5.41) is 7.32. The van der Waals surface area contributed by atoms with Crippen LogP contribution in [0, 0.1) is 18.2 Å². The van der Waals surface area contributed by atoms with Crippen LogP contribution in [0.4, 0.5) is 10.2 Å². The van der Waals surface area contributed by atoms with Gasteiger partial charge < -0.3 is 5.32 Å². The molecule has 1 N–H and O–H groups in total. The van der Waals surface area contributed by atoms with E-state index in [9.17, 15) is 9.18 Å². The highest BCUT2D eigenvalue weighted by atomic mass is 19.1. The van der Waals surface area contributed by atoms with Crippen LogP contribution < -0.4 is 5.32 Å². The quantitative estimate of drug-likeness (QED) is 0.776. The Morgan fingerprint density at radius 3 is 2.76 bits per heavy atom. The Balaban J connectivity index is 2.09. The summed E-state index contributed by atoms with van der Waals surface area (Å²) in [5.41, 5.74) is 2.46. The van der Waals surface area contributed by atoms with E-state index in [0.717, 1.165) is 5.56 Å². The second kappa shape index (κ2) is 6.27. The standard InChI is InChI=1S/C19H21FN4O/c1-12-10-13(6-7-14(12)20)16-17(22-15(25)11-19(2,3)4)23-24-9-5-8-21-18(16)24/h5-10H,11H2,1-4H3,(H,22,23,25). The maximum absolute atomic E-state index is 13.6. The van der Waals surface area contributed by atoms with E-state index in [4.69, 9.17) is 0 Å². The van der Waals surface area contributed by atoms with E-state index in [2.05, 4.69) is 15.4 Å². The summed E-state index contributed by atoms with van der Waals surface area (Å²) in [6.45, 7) is 7.71. The zero-order valence-corrected chi connectivity index (χ0v) is 14.8. The highest BCUT2D eigenvalue weighted by Crippen LogP contribution is 2.32. The van der Waals surface area contributed by atoms with Gasteiger partial charge in [-0.3, -0.25) is 4.79 Å². The third-order valence-electron chi connectivity index (χ3n) is 3.79. The number of hydrogen-bond donors (Lipinski definition) is 1. The van der Waals surface area contributed by atoms with Crippen LogP contribution >= 0.6 is 0 Å². The summed E-state index contributed by atoms with van der Waals surface area (Å²) in [6, 6.07) is 6.59. The summed E-state index contributed by atoms with van der Waals surface area (Å²) < 4.78 is 15.3. The molecule has 0 spiro atoms. The van der Waals surface area contributed by atoms with Gasteiger partial charge in [-0.1, -0.05) is 26.8 Å². The number of rotatable bonds is 3. The minimum absolute atomic E-state index is 0.115. The molecule has 1 amide bonds. The molecule has 0 radical (unpaired) electrons. The van der Waals surface area contributed by atoms with Crippen molar-refractivity contribution in [2.75, 3.05) is 5.32 Å². The van der Waals surface area contributed by atoms with Crippen molar-refractivity contribution >= 4 is 17.4 Å². The smallest absolute Gasteiger partial charge is 0.226 e. The molecule has 3 rings (SSSR count). The summed E-state index contributed by atoms with van der Waals surface area (Å²) in [7, 11) is 0. The Morgan fingerprint density at radius 1 is 1.32 bits per heavy atom. The first-order valence-corrected chi connectivity index (χ1v) is 8.14. The average molecular weight is 340 g/mol. The van der Waals surface area contributed by atoms with E-state index in [-0.39, 0.29) is 17.1 Å². The molecule has 0 bridgehead atoms. The predicted molar refractivity (Wildman–Crippen MR) is 95.8 cm³/mol. The molecule has 6 heteroatoms. The Hall–Kier alpha value is -2.76. The normalized spacial score (nSPS) is 11.7. The third kappa shape index (κ3) is 3.68. The van der Waals surface area contributed by atoms with Crippen LogP contribution in [0.1, 0.15) is 32.8 Å². The lowest BCUT2D eigenvalue weighted by Crippen LogP contribution is -2.20. The summed E-state index contributed by atoms with van der Waals surface area (Å²) in [6.07, 6.45) is 3.80. The average Bonchev–Trinajstić information content (AvgIpc) is 2.85. The molecule has 0 unspecified atom stereocenters. The van der Waals surface area contributed by atoms with Crippen LogP contribution in [0.15, 0.2) is 36.7 Å². The van der Waals surface area contributed by atoms with Gasteiger partial charge in [0.05, 0.1) is 5.56 Å². The van der Waals surface area contributed by atoms with Gasteiger partial charge >= 0.3 is 0 Å².